The van der Waals surface area contributed by atoms with E-state index in [0.717, 1.165) is 19.3 Å². The number of rotatable bonds is 4. The van der Waals surface area contributed by atoms with Crippen molar-refractivity contribution in [3.8, 4) is 0 Å². The molecule has 0 spiro atoms. The smallest absolute Gasteiger partial charge is 0.228 e. The van der Waals surface area contributed by atoms with Gasteiger partial charge in [-0.05, 0) is 25.2 Å². The molecule has 2 unspecified atom stereocenters. The summed E-state index contributed by atoms with van der Waals surface area (Å²) in [7, 11) is -0.746. The van der Waals surface area contributed by atoms with Gasteiger partial charge in [-0.1, -0.05) is 94.3 Å². The van der Waals surface area contributed by atoms with Crippen LogP contribution in [0, 0.1) is 11.3 Å². The molecule has 2 atom stereocenters. The van der Waals surface area contributed by atoms with Gasteiger partial charge in [-0.3, -0.25) is 4.79 Å². The molecule has 0 aromatic carbocycles. The van der Waals surface area contributed by atoms with Crippen molar-refractivity contribution in [1.29, 1.82) is 0 Å². The lowest BCUT2D eigenvalue weighted by Gasteiger charge is -2.41. The Morgan fingerprint density at radius 1 is 1.12 bits per heavy atom. The molecule has 136 valence electrons. The number of primary amides is 1. The molecule has 2 aliphatic rings. The second-order valence-corrected chi connectivity index (χ2v) is 11.6. The van der Waals surface area contributed by atoms with Gasteiger partial charge in [0.15, 0.2) is 0 Å². The Labute approximate surface area is 150 Å². The monoisotopic (exact) mass is 347 g/mol. The van der Waals surface area contributed by atoms with E-state index in [4.69, 9.17) is 5.73 Å². The summed E-state index contributed by atoms with van der Waals surface area (Å²) >= 11 is 0. The average Bonchev–Trinajstić information content (AvgIpc) is 3.04. The van der Waals surface area contributed by atoms with Crippen LogP contribution in [0.1, 0.15) is 70.6 Å². The molecule has 0 aliphatic heterocycles. The number of amides is 1. The third-order valence-corrected chi connectivity index (χ3v) is 7.62. The summed E-state index contributed by atoms with van der Waals surface area (Å²) in [6.45, 7) is 4.84. The van der Waals surface area contributed by atoms with Crippen molar-refractivity contribution < 1.29 is 4.79 Å². The Morgan fingerprint density at radius 2 is 1.75 bits per heavy atom. The Morgan fingerprint density at radius 3 is 2.29 bits per heavy atom. The van der Waals surface area contributed by atoms with Gasteiger partial charge >= 0.3 is 0 Å². The van der Waals surface area contributed by atoms with Gasteiger partial charge in [0, 0.05) is 8.80 Å². The van der Waals surface area contributed by atoms with E-state index in [9.17, 15) is 4.79 Å². The molecule has 2 nitrogen and oxygen atoms in total. The van der Waals surface area contributed by atoms with Crippen LogP contribution in [-0.4, -0.2) is 14.7 Å². The summed E-state index contributed by atoms with van der Waals surface area (Å²) in [4.78, 5) is 12.8. The van der Waals surface area contributed by atoms with E-state index in [1.807, 2.05) is 0 Å². The molecule has 1 saturated carbocycles. The van der Waals surface area contributed by atoms with E-state index < -0.39 is 8.80 Å². The van der Waals surface area contributed by atoms with Gasteiger partial charge < -0.3 is 5.73 Å². The summed E-state index contributed by atoms with van der Waals surface area (Å²) in [5.41, 5.74) is 7.07. The Bertz CT molecular complexity index is 468. The summed E-state index contributed by atoms with van der Waals surface area (Å²) in [6, 6.07) is 1.25. The second kappa shape index (κ2) is 9.60. The van der Waals surface area contributed by atoms with Crippen LogP contribution in [0.2, 0.25) is 19.1 Å². The first-order chi connectivity index (χ1) is 11.6. The summed E-state index contributed by atoms with van der Waals surface area (Å²) in [6.07, 6.45) is 20.0. The van der Waals surface area contributed by atoms with Crippen LogP contribution >= 0.6 is 0 Å². The maximum atomic E-state index is 12.8. The van der Waals surface area contributed by atoms with Crippen molar-refractivity contribution in [3.05, 3.63) is 23.8 Å². The quantitative estimate of drug-likeness (QED) is 0.683. The number of nitrogens with two attached hydrogens (primary N) is 1. The van der Waals surface area contributed by atoms with Crippen molar-refractivity contribution in [1.82, 2.24) is 0 Å². The Hall–Kier alpha value is -0.833. The van der Waals surface area contributed by atoms with Crippen LogP contribution in [0.3, 0.4) is 0 Å². The minimum atomic E-state index is -0.746. The first-order valence-electron chi connectivity index (χ1n) is 10.2. The molecule has 0 aromatic rings. The van der Waals surface area contributed by atoms with Crippen LogP contribution < -0.4 is 5.73 Å². The van der Waals surface area contributed by atoms with Crippen molar-refractivity contribution >= 4 is 14.7 Å². The van der Waals surface area contributed by atoms with E-state index in [1.165, 1.54) is 63.0 Å². The average molecular weight is 348 g/mol. The van der Waals surface area contributed by atoms with Crippen LogP contribution in [0.25, 0.3) is 0 Å². The minimum absolute atomic E-state index is 0.0471. The third kappa shape index (κ3) is 4.84. The Kier molecular flexibility index (Phi) is 7.80. The zero-order valence-corrected chi connectivity index (χ0v) is 17.0. The van der Waals surface area contributed by atoms with Crippen LogP contribution in [0.5, 0.6) is 0 Å². The normalized spacial score (nSPS) is 29.8. The highest BCUT2D eigenvalue weighted by Gasteiger charge is 2.46. The molecule has 0 radical (unpaired) electrons. The third-order valence-electron chi connectivity index (χ3n) is 6.11. The highest BCUT2D eigenvalue weighted by Crippen LogP contribution is 2.48. The lowest BCUT2D eigenvalue weighted by Crippen LogP contribution is -2.45. The second-order valence-electron chi connectivity index (χ2n) is 8.35. The van der Waals surface area contributed by atoms with Gasteiger partial charge in [0.05, 0.1) is 5.41 Å². The van der Waals surface area contributed by atoms with Gasteiger partial charge in [0.25, 0.3) is 0 Å². The fourth-order valence-electron chi connectivity index (χ4n) is 4.88. The lowest BCUT2D eigenvalue weighted by atomic mass is 9.64. The van der Waals surface area contributed by atoms with Gasteiger partial charge in [0.1, 0.15) is 0 Å². The SMILES string of the molecule is C[SiH](C)CC1CCCCCCCCCCC1(C(N)=O)C1=CC=CC1. The lowest BCUT2D eigenvalue weighted by molar-refractivity contribution is -0.129. The van der Waals surface area contributed by atoms with E-state index in [2.05, 4.69) is 31.3 Å². The summed E-state index contributed by atoms with van der Waals surface area (Å²) in [5.74, 6) is 0.418. The molecule has 1 amide bonds. The van der Waals surface area contributed by atoms with Crippen LogP contribution in [-0.2, 0) is 4.79 Å². The number of hydrogen-bond acceptors (Lipinski definition) is 1. The molecule has 3 heteroatoms. The highest BCUT2D eigenvalue weighted by molar-refractivity contribution is 6.55. The molecule has 2 aliphatic carbocycles. The number of carbonyl (C=O) groups excluding carboxylic acids is 1. The zero-order valence-electron chi connectivity index (χ0n) is 15.9. The standard InChI is InChI=1S/C21H37NOSi/c1-24(2)17-19-15-9-7-5-3-4-6-8-12-16-21(19,20(22)23)18-13-10-11-14-18/h10-11,13,19,24H,3-9,12,14-17H2,1-2H3,(H2,22,23). The minimum Gasteiger partial charge on any atom is -0.369 e. The van der Waals surface area contributed by atoms with Gasteiger partial charge in [-0.25, -0.2) is 0 Å². The zero-order chi connectivity index (χ0) is 17.4. The molecular weight excluding hydrogens is 310 g/mol. The van der Waals surface area contributed by atoms with E-state index >= 15 is 0 Å². The van der Waals surface area contributed by atoms with E-state index in [1.54, 1.807) is 0 Å². The molecular formula is C21H37NOSi. The van der Waals surface area contributed by atoms with Crippen molar-refractivity contribution in [2.75, 3.05) is 0 Å². The molecule has 24 heavy (non-hydrogen) atoms. The number of hydrogen-bond donors (Lipinski definition) is 1. The first kappa shape index (κ1) is 19.5. The Balaban J connectivity index is 2.31. The predicted molar refractivity (Wildman–Crippen MR) is 107 cm³/mol. The van der Waals surface area contributed by atoms with Crippen LogP contribution in [0.15, 0.2) is 23.8 Å². The van der Waals surface area contributed by atoms with Gasteiger partial charge in [-0.2, -0.15) is 0 Å². The maximum absolute atomic E-state index is 12.8. The fourth-order valence-corrected chi connectivity index (χ4v) is 6.65. The molecule has 0 bridgehead atoms. The van der Waals surface area contributed by atoms with E-state index in [0.29, 0.717) is 5.92 Å². The summed E-state index contributed by atoms with van der Waals surface area (Å²) in [5, 5.41) is 0. The maximum Gasteiger partial charge on any atom is 0.228 e. The van der Waals surface area contributed by atoms with Gasteiger partial charge in [0.2, 0.25) is 5.91 Å². The molecule has 0 aromatic heterocycles. The molecule has 0 saturated heterocycles. The highest BCUT2D eigenvalue weighted by atomic mass is 28.3. The topological polar surface area (TPSA) is 43.1 Å². The number of carbonyl (C=O) groups is 1. The van der Waals surface area contributed by atoms with Crippen molar-refractivity contribution in [2.24, 2.45) is 17.1 Å². The molecule has 2 rings (SSSR count). The molecule has 1 fully saturated rings. The first-order valence-corrected chi connectivity index (χ1v) is 13.4. The van der Waals surface area contributed by atoms with Crippen molar-refractivity contribution in [2.45, 2.75) is 89.8 Å². The fraction of sp³-hybridized carbons (Fsp3) is 0.762. The molecule has 0 heterocycles. The van der Waals surface area contributed by atoms with E-state index in [-0.39, 0.29) is 11.3 Å². The predicted octanol–water partition coefficient (Wildman–Crippen LogP) is 5.36. The van der Waals surface area contributed by atoms with Crippen LogP contribution in [0.4, 0.5) is 0 Å². The van der Waals surface area contributed by atoms with Gasteiger partial charge in [-0.15, -0.1) is 0 Å². The summed E-state index contributed by atoms with van der Waals surface area (Å²) < 4.78 is 0. The largest absolute Gasteiger partial charge is 0.369 e. The number of allylic oxidation sites excluding steroid dienone is 3. The van der Waals surface area contributed by atoms with Crippen molar-refractivity contribution in [3.63, 3.8) is 0 Å². The molecule has 2 N–H and O–H groups in total.